The number of fused-ring (bicyclic) bond motifs is 2. The summed E-state index contributed by atoms with van der Waals surface area (Å²) < 4.78 is 24.4. The van der Waals surface area contributed by atoms with Crippen molar-refractivity contribution in [3.63, 3.8) is 0 Å². The molecule has 0 unspecified atom stereocenters. The minimum Gasteiger partial charge on any atom is -0.497 e. The van der Waals surface area contributed by atoms with Gasteiger partial charge in [-0.1, -0.05) is 6.07 Å². The number of likely N-dealkylation sites (tertiary alicyclic amines) is 1. The number of piperidine rings is 1. The first kappa shape index (κ1) is 31.9. The number of hydrogen-bond donors (Lipinski definition) is 1. The van der Waals surface area contributed by atoms with Crippen molar-refractivity contribution in [2.24, 2.45) is 5.73 Å². The second kappa shape index (κ2) is 13.6. The molecule has 2 amide bonds. The van der Waals surface area contributed by atoms with Gasteiger partial charge in [0.05, 0.1) is 12.6 Å². The van der Waals surface area contributed by atoms with E-state index in [4.69, 9.17) is 24.7 Å². The van der Waals surface area contributed by atoms with Crippen molar-refractivity contribution in [1.82, 2.24) is 14.4 Å². The molecule has 2 aliphatic heterocycles. The molecule has 2 aliphatic rings. The fraction of sp³-hybridized carbons (Fsp3) is 0.441. The van der Waals surface area contributed by atoms with Gasteiger partial charge in [-0.2, -0.15) is 0 Å². The lowest BCUT2D eigenvalue weighted by atomic mass is 10.0. The first-order valence-corrected chi connectivity index (χ1v) is 15.3. The Morgan fingerprint density at radius 3 is 2.44 bits per heavy atom. The van der Waals surface area contributed by atoms with E-state index in [1.807, 2.05) is 62.1 Å². The Kier molecular flexibility index (Phi) is 9.67. The average Bonchev–Trinajstić information content (AvgIpc) is 3.01. The van der Waals surface area contributed by atoms with Gasteiger partial charge in [0.2, 0.25) is 5.91 Å². The van der Waals surface area contributed by atoms with Crippen LogP contribution in [0.25, 0.3) is 17.0 Å². The Morgan fingerprint density at radius 1 is 1.02 bits per heavy atom. The fourth-order valence-electron chi connectivity index (χ4n) is 5.80. The number of pyridine rings is 1. The van der Waals surface area contributed by atoms with Crippen LogP contribution in [0, 0.1) is 0 Å². The number of hydrogen-bond acceptors (Lipinski definition) is 8. The first-order valence-electron chi connectivity index (χ1n) is 15.3. The van der Waals surface area contributed by atoms with Crippen LogP contribution in [0.4, 0.5) is 4.79 Å². The number of methoxy groups -OCH3 is 1. The van der Waals surface area contributed by atoms with Crippen LogP contribution in [-0.4, -0.2) is 78.0 Å². The summed E-state index contributed by atoms with van der Waals surface area (Å²) in [4.78, 5) is 42.1. The van der Waals surface area contributed by atoms with Crippen molar-refractivity contribution < 1.29 is 28.5 Å². The summed E-state index contributed by atoms with van der Waals surface area (Å²) >= 11 is 0. The van der Waals surface area contributed by atoms with E-state index in [0.29, 0.717) is 55.7 Å². The third kappa shape index (κ3) is 7.96. The van der Waals surface area contributed by atoms with E-state index in [0.717, 1.165) is 42.4 Å². The molecule has 240 valence electrons. The highest BCUT2D eigenvalue weighted by Gasteiger charge is 2.31. The second-order valence-corrected chi connectivity index (χ2v) is 12.4. The summed E-state index contributed by atoms with van der Waals surface area (Å²) in [6.45, 7) is 9.69. The highest BCUT2D eigenvalue weighted by atomic mass is 16.6. The molecule has 0 bridgehead atoms. The van der Waals surface area contributed by atoms with Gasteiger partial charge < -0.3 is 39.0 Å². The SMILES string of the molecule is COc1ccc2c(/C=C/C(N)=O)cc(=O)n(CCN3CCC(N(Cc4ccc5c(c4)OCCO5)C(=O)OC(C)(C)C)CC3)c2c1. The molecular weight excluding hydrogens is 576 g/mol. The van der Waals surface area contributed by atoms with Crippen molar-refractivity contribution >= 4 is 29.0 Å². The maximum atomic E-state index is 13.4. The summed E-state index contributed by atoms with van der Waals surface area (Å²) in [5.74, 6) is 1.45. The predicted molar refractivity (Wildman–Crippen MR) is 172 cm³/mol. The Morgan fingerprint density at radius 2 is 1.76 bits per heavy atom. The molecular formula is C34H42N4O7. The molecule has 0 spiro atoms. The zero-order valence-corrected chi connectivity index (χ0v) is 26.4. The molecule has 45 heavy (non-hydrogen) atoms. The number of aromatic nitrogens is 1. The van der Waals surface area contributed by atoms with Gasteiger partial charge in [-0.3, -0.25) is 9.59 Å². The second-order valence-electron chi connectivity index (χ2n) is 12.4. The molecule has 2 N–H and O–H groups in total. The molecule has 5 rings (SSSR count). The van der Waals surface area contributed by atoms with Gasteiger partial charge in [0, 0.05) is 62.4 Å². The molecule has 1 fully saturated rings. The maximum Gasteiger partial charge on any atom is 0.410 e. The smallest absolute Gasteiger partial charge is 0.410 e. The van der Waals surface area contributed by atoms with Gasteiger partial charge in [-0.05, 0) is 75.1 Å². The van der Waals surface area contributed by atoms with Gasteiger partial charge in [-0.15, -0.1) is 0 Å². The normalized spacial score (nSPS) is 15.7. The highest BCUT2D eigenvalue weighted by molar-refractivity contribution is 5.95. The summed E-state index contributed by atoms with van der Waals surface area (Å²) in [6, 6.07) is 12.8. The Bertz CT molecular complexity index is 1630. The number of nitrogens with two attached hydrogens (primary N) is 1. The van der Waals surface area contributed by atoms with Crippen LogP contribution in [0.1, 0.15) is 44.7 Å². The molecule has 11 heteroatoms. The summed E-state index contributed by atoms with van der Waals surface area (Å²) in [7, 11) is 1.58. The standard InChI is InChI=1S/C34H42N4O7/c1-34(2,3)45-33(41)38(22-23-5-9-29-30(19-23)44-18-17-43-29)25-11-13-36(14-12-25)15-16-37-28-21-26(42-4)7-8-27(28)24(20-32(37)40)6-10-31(35)39/h5-10,19-21,25H,11-18,22H2,1-4H3,(H2,35,39)/b10-6+. The third-order valence-electron chi connectivity index (χ3n) is 8.00. The minimum absolute atomic E-state index is 0.00607. The summed E-state index contributed by atoms with van der Waals surface area (Å²) in [5, 5.41) is 0.818. The van der Waals surface area contributed by atoms with E-state index >= 15 is 0 Å². The zero-order valence-electron chi connectivity index (χ0n) is 26.4. The Balaban J connectivity index is 1.29. The van der Waals surface area contributed by atoms with Crippen LogP contribution in [0.3, 0.4) is 0 Å². The van der Waals surface area contributed by atoms with E-state index in [2.05, 4.69) is 4.90 Å². The minimum atomic E-state index is -0.618. The average molecular weight is 619 g/mol. The van der Waals surface area contributed by atoms with Crippen LogP contribution in [0.2, 0.25) is 0 Å². The number of carbonyl (C=O) groups is 2. The molecule has 2 aromatic carbocycles. The predicted octanol–water partition coefficient (Wildman–Crippen LogP) is 4.18. The number of benzene rings is 2. The number of ether oxygens (including phenoxy) is 4. The molecule has 0 radical (unpaired) electrons. The molecule has 0 atom stereocenters. The van der Waals surface area contributed by atoms with Gasteiger partial charge in [0.15, 0.2) is 11.5 Å². The van der Waals surface area contributed by atoms with Gasteiger partial charge in [0.1, 0.15) is 24.6 Å². The van der Waals surface area contributed by atoms with E-state index in [1.165, 1.54) is 12.1 Å². The fourth-order valence-corrected chi connectivity index (χ4v) is 5.80. The van der Waals surface area contributed by atoms with Crippen LogP contribution in [0.5, 0.6) is 17.2 Å². The Hall–Kier alpha value is -4.51. The van der Waals surface area contributed by atoms with E-state index in [-0.39, 0.29) is 17.7 Å². The summed E-state index contributed by atoms with van der Waals surface area (Å²) in [6.07, 6.45) is 4.01. The monoisotopic (exact) mass is 618 g/mol. The van der Waals surface area contributed by atoms with Gasteiger partial charge >= 0.3 is 6.09 Å². The number of rotatable bonds is 9. The van der Waals surface area contributed by atoms with Crippen molar-refractivity contribution in [3.05, 3.63) is 70.0 Å². The Labute approximate surface area is 263 Å². The zero-order chi connectivity index (χ0) is 32.1. The number of nitrogens with zero attached hydrogens (tertiary/aromatic N) is 3. The lowest BCUT2D eigenvalue weighted by Crippen LogP contribution is -2.49. The van der Waals surface area contributed by atoms with Crippen molar-refractivity contribution in [2.45, 2.75) is 58.3 Å². The molecule has 1 saturated heterocycles. The lowest BCUT2D eigenvalue weighted by molar-refractivity contribution is -0.113. The molecule has 3 heterocycles. The highest BCUT2D eigenvalue weighted by Crippen LogP contribution is 2.32. The molecule has 0 aliphatic carbocycles. The number of amides is 2. The van der Waals surface area contributed by atoms with Crippen molar-refractivity contribution in [1.29, 1.82) is 0 Å². The number of primary amides is 1. The van der Waals surface area contributed by atoms with E-state index < -0.39 is 11.5 Å². The van der Waals surface area contributed by atoms with Crippen LogP contribution >= 0.6 is 0 Å². The molecule has 11 nitrogen and oxygen atoms in total. The summed E-state index contributed by atoms with van der Waals surface area (Å²) in [5.41, 5.74) is 6.78. The van der Waals surface area contributed by atoms with Crippen molar-refractivity contribution in [2.75, 3.05) is 40.0 Å². The topological polar surface area (TPSA) is 126 Å². The van der Waals surface area contributed by atoms with E-state index in [9.17, 15) is 14.4 Å². The van der Waals surface area contributed by atoms with Crippen LogP contribution in [-0.2, 0) is 22.6 Å². The molecule has 0 saturated carbocycles. The van der Waals surface area contributed by atoms with Gasteiger partial charge in [0.25, 0.3) is 5.56 Å². The maximum absolute atomic E-state index is 13.4. The van der Waals surface area contributed by atoms with Crippen molar-refractivity contribution in [3.8, 4) is 17.2 Å². The molecule has 1 aromatic heterocycles. The van der Waals surface area contributed by atoms with Crippen LogP contribution in [0.15, 0.2) is 53.3 Å². The molecule has 3 aromatic rings. The first-order chi connectivity index (χ1) is 21.5. The third-order valence-corrected chi connectivity index (χ3v) is 8.00. The quantitative estimate of drug-likeness (QED) is 0.354. The van der Waals surface area contributed by atoms with E-state index in [1.54, 1.807) is 17.8 Å². The van der Waals surface area contributed by atoms with Gasteiger partial charge in [-0.25, -0.2) is 4.79 Å². The largest absolute Gasteiger partial charge is 0.497 e. The van der Waals surface area contributed by atoms with Crippen LogP contribution < -0.4 is 25.5 Å². The lowest BCUT2D eigenvalue weighted by Gasteiger charge is -2.39. The number of carbonyl (C=O) groups excluding carboxylic acids is 2.